The molecular weight excluding hydrogens is 248 g/mol. The Morgan fingerprint density at radius 2 is 1.26 bits per heavy atom. The number of rotatable bonds is 6. The van der Waals surface area contributed by atoms with Crippen molar-refractivity contribution >= 4 is 11.8 Å². The molecule has 0 spiro atoms. The smallest absolute Gasteiger partial charge is 0.254 e. The zero-order valence-corrected chi connectivity index (χ0v) is 10.3. The minimum absolute atomic E-state index is 0.221. The second-order valence-corrected chi connectivity index (χ2v) is 3.31. The van der Waals surface area contributed by atoms with Crippen LogP contribution in [-0.2, 0) is 9.59 Å². The fraction of sp³-hybridized carbons (Fsp3) is 0.273. The fourth-order valence-electron chi connectivity index (χ4n) is 1.08. The first-order valence-corrected chi connectivity index (χ1v) is 5.04. The molecule has 8 heteroatoms. The van der Waals surface area contributed by atoms with E-state index in [9.17, 15) is 9.59 Å². The van der Waals surface area contributed by atoms with E-state index in [1.54, 1.807) is 0 Å². The van der Waals surface area contributed by atoms with Crippen molar-refractivity contribution in [3.63, 3.8) is 0 Å². The van der Waals surface area contributed by atoms with Gasteiger partial charge in [-0.05, 0) is 0 Å². The van der Waals surface area contributed by atoms with E-state index in [0.29, 0.717) is 0 Å². The molecule has 0 aromatic carbocycles. The number of amides is 2. The summed E-state index contributed by atoms with van der Waals surface area (Å²) in [5.41, 5.74) is 10.1. The van der Waals surface area contributed by atoms with Crippen molar-refractivity contribution in [3.8, 4) is 0 Å². The van der Waals surface area contributed by atoms with E-state index in [-0.39, 0.29) is 31.4 Å². The van der Waals surface area contributed by atoms with Gasteiger partial charge in [0.25, 0.3) is 11.8 Å². The number of nitrogens with two attached hydrogens (primary N) is 2. The summed E-state index contributed by atoms with van der Waals surface area (Å²) in [4.78, 5) is 31.2. The van der Waals surface area contributed by atoms with Gasteiger partial charge in [-0.2, -0.15) is 0 Å². The third-order valence-electron chi connectivity index (χ3n) is 2.12. The Kier molecular flexibility index (Phi) is 6.54. The van der Waals surface area contributed by atoms with Gasteiger partial charge in [-0.3, -0.25) is 9.59 Å². The van der Waals surface area contributed by atoms with Gasteiger partial charge in [-0.15, -0.1) is 0 Å². The molecule has 0 radical (unpaired) electrons. The molecule has 0 saturated carbocycles. The molecule has 0 aromatic rings. The predicted molar refractivity (Wildman–Crippen MR) is 68.2 cm³/mol. The summed E-state index contributed by atoms with van der Waals surface area (Å²) >= 11 is 0. The monoisotopic (exact) mass is 262 g/mol. The summed E-state index contributed by atoms with van der Waals surface area (Å²) < 4.78 is 0. The van der Waals surface area contributed by atoms with E-state index in [1.165, 1.54) is 0 Å². The molecule has 0 heterocycles. The molecular formula is C11H14N6O2. The van der Waals surface area contributed by atoms with Gasteiger partial charge in [0.1, 0.15) is 0 Å². The molecule has 0 saturated heterocycles. The molecule has 0 aliphatic carbocycles. The Morgan fingerprint density at radius 1 is 0.947 bits per heavy atom. The van der Waals surface area contributed by atoms with E-state index < -0.39 is 11.8 Å². The highest BCUT2D eigenvalue weighted by Crippen LogP contribution is 2.05. The molecule has 100 valence electrons. The normalized spacial score (nSPS) is 8.84. The fourth-order valence-corrected chi connectivity index (χ4v) is 1.08. The second-order valence-electron chi connectivity index (χ2n) is 3.31. The van der Waals surface area contributed by atoms with Crippen molar-refractivity contribution in [1.82, 2.24) is 9.80 Å². The van der Waals surface area contributed by atoms with Gasteiger partial charge in [-0.1, -0.05) is 13.2 Å². The quantitative estimate of drug-likeness (QED) is 0.375. The molecule has 0 fully saturated rings. The van der Waals surface area contributed by atoms with Gasteiger partial charge in [0.05, 0.1) is 33.2 Å². The minimum atomic E-state index is -0.697. The maximum absolute atomic E-state index is 11.7. The Morgan fingerprint density at radius 3 is 1.47 bits per heavy atom. The van der Waals surface area contributed by atoms with Crippen LogP contribution in [0.25, 0.3) is 9.69 Å². The molecule has 0 unspecified atom stereocenters. The summed E-state index contributed by atoms with van der Waals surface area (Å²) in [6, 6.07) is 0. The van der Waals surface area contributed by atoms with Gasteiger partial charge in [-0.25, -0.2) is 9.69 Å². The topological polar surface area (TPSA) is 101 Å². The lowest BCUT2D eigenvalue weighted by molar-refractivity contribution is -0.134. The maximum Gasteiger partial charge on any atom is 0.254 e. The molecule has 19 heavy (non-hydrogen) atoms. The first-order valence-electron chi connectivity index (χ1n) is 5.04. The lowest BCUT2D eigenvalue weighted by Gasteiger charge is -2.28. The lowest BCUT2D eigenvalue weighted by Crippen LogP contribution is -2.48. The van der Waals surface area contributed by atoms with Gasteiger partial charge in [0, 0.05) is 0 Å². The highest BCUT2D eigenvalue weighted by atomic mass is 16.2. The first-order chi connectivity index (χ1) is 8.92. The van der Waals surface area contributed by atoms with Crippen LogP contribution >= 0.6 is 0 Å². The van der Waals surface area contributed by atoms with Crippen molar-refractivity contribution in [3.05, 3.63) is 47.4 Å². The molecule has 8 nitrogen and oxygen atoms in total. The lowest BCUT2D eigenvalue weighted by atomic mass is 10.4. The number of nitrogens with zero attached hydrogens (tertiary/aromatic N) is 4. The standard InChI is InChI=1S/C11H14N6O2/c1-8(14-3)10(18)16(5-12)7-17(6-13)11(19)9(2)15-4/h1-2,5-7,12-13H2. The summed E-state index contributed by atoms with van der Waals surface area (Å²) in [7, 11) is 0. The number of hydrogen-bond donors (Lipinski definition) is 2. The number of hydrogen-bond acceptors (Lipinski definition) is 4. The Hall–Kier alpha value is -2.68. The summed E-state index contributed by atoms with van der Waals surface area (Å²) in [5, 5.41) is 0. The summed E-state index contributed by atoms with van der Waals surface area (Å²) in [5.74, 6) is -1.39. The second kappa shape index (κ2) is 7.61. The molecule has 0 atom stereocenters. The van der Waals surface area contributed by atoms with Crippen molar-refractivity contribution in [1.29, 1.82) is 0 Å². The van der Waals surface area contributed by atoms with E-state index in [0.717, 1.165) is 9.80 Å². The van der Waals surface area contributed by atoms with E-state index in [1.807, 2.05) is 0 Å². The van der Waals surface area contributed by atoms with E-state index in [4.69, 9.17) is 24.6 Å². The predicted octanol–water partition coefficient (Wildman–Crippen LogP) is -0.701. The van der Waals surface area contributed by atoms with Gasteiger partial charge in [0.2, 0.25) is 11.4 Å². The van der Waals surface area contributed by atoms with Crippen LogP contribution in [0.1, 0.15) is 0 Å². The highest BCUT2D eigenvalue weighted by molar-refractivity contribution is 5.96. The average Bonchev–Trinajstić information content (AvgIpc) is 2.45. The van der Waals surface area contributed by atoms with Crippen molar-refractivity contribution in [2.45, 2.75) is 0 Å². The molecule has 4 N–H and O–H groups in total. The van der Waals surface area contributed by atoms with Crippen LogP contribution in [0.15, 0.2) is 24.6 Å². The van der Waals surface area contributed by atoms with Crippen LogP contribution in [0.5, 0.6) is 0 Å². The van der Waals surface area contributed by atoms with Gasteiger partial charge < -0.3 is 21.3 Å². The molecule has 2 amide bonds. The zero-order valence-electron chi connectivity index (χ0n) is 10.3. The summed E-state index contributed by atoms with van der Waals surface area (Å²) in [6.07, 6.45) is 0. The maximum atomic E-state index is 11.7. The zero-order chi connectivity index (χ0) is 15.0. The van der Waals surface area contributed by atoms with Crippen molar-refractivity contribution < 1.29 is 9.59 Å². The SMILES string of the molecule is [C-]#[N+]C(=C)C(=O)N(CN)CN(CN)C(=O)C(=C)[N+]#[C-]. The third-order valence-corrected chi connectivity index (χ3v) is 2.12. The molecule has 0 aliphatic rings. The Labute approximate surface area is 111 Å². The van der Waals surface area contributed by atoms with E-state index >= 15 is 0 Å². The molecule has 0 bridgehead atoms. The third kappa shape index (κ3) is 4.24. The van der Waals surface area contributed by atoms with Crippen LogP contribution < -0.4 is 11.5 Å². The summed E-state index contributed by atoms with van der Waals surface area (Å²) in [6.45, 7) is 19.2. The van der Waals surface area contributed by atoms with Crippen LogP contribution in [0, 0.1) is 13.1 Å². The first kappa shape index (κ1) is 16.3. The number of carbonyl (C=O) groups excluding carboxylic acids is 2. The number of carbonyl (C=O) groups is 2. The largest absolute Gasteiger partial charge is 0.318 e. The molecule has 0 aliphatic heterocycles. The Bertz CT molecular complexity index is 440. The van der Waals surface area contributed by atoms with Crippen molar-refractivity contribution in [2.75, 3.05) is 20.0 Å². The molecule has 0 aromatic heterocycles. The van der Waals surface area contributed by atoms with Crippen LogP contribution in [-0.4, -0.2) is 41.6 Å². The Balaban J connectivity index is 4.96. The van der Waals surface area contributed by atoms with Crippen molar-refractivity contribution in [2.24, 2.45) is 11.5 Å². The van der Waals surface area contributed by atoms with Crippen LogP contribution in [0.4, 0.5) is 0 Å². The van der Waals surface area contributed by atoms with Crippen LogP contribution in [0.3, 0.4) is 0 Å². The van der Waals surface area contributed by atoms with Gasteiger partial charge >= 0.3 is 0 Å². The van der Waals surface area contributed by atoms with E-state index in [2.05, 4.69) is 22.8 Å². The average molecular weight is 262 g/mol. The minimum Gasteiger partial charge on any atom is -0.318 e. The molecule has 0 rings (SSSR count). The van der Waals surface area contributed by atoms with Gasteiger partial charge in [0.15, 0.2) is 0 Å². The van der Waals surface area contributed by atoms with Crippen LogP contribution in [0.2, 0.25) is 0 Å². The highest BCUT2D eigenvalue weighted by Gasteiger charge is 2.22.